The summed E-state index contributed by atoms with van der Waals surface area (Å²) in [6, 6.07) is 0. The van der Waals surface area contributed by atoms with Crippen LogP contribution >= 0.6 is 22.6 Å². The molecule has 0 spiro atoms. The van der Waals surface area contributed by atoms with Crippen LogP contribution < -0.4 is 0 Å². The molecule has 3 aliphatic carbocycles. The van der Waals surface area contributed by atoms with Crippen molar-refractivity contribution in [3.8, 4) is 0 Å². The first-order valence-corrected chi connectivity index (χ1v) is 5.26. The molecule has 0 aromatic heterocycles. The molecule has 1 nitrogen and oxygen atoms in total. The molecule has 0 N–H and O–H groups in total. The van der Waals surface area contributed by atoms with E-state index >= 15 is 0 Å². The van der Waals surface area contributed by atoms with E-state index in [0.717, 1.165) is 15.8 Å². The quantitative estimate of drug-likeness (QED) is 0.513. The second-order valence-electron chi connectivity index (χ2n) is 3.40. The predicted molar refractivity (Wildman–Crippen MR) is 49.4 cm³/mol. The standard InChI is InChI=1S/C8H13IO/c1-10-8-5-3-2-4-6(8)7(5)9/h5-8H,2-4H2,1H3/t5-,6+,7?,8?. The van der Waals surface area contributed by atoms with Crippen LogP contribution in [0.2, 0.25) is 0 Å². The Hall–Kier alpha value is 0.690. The van der Waals surface area contributed by atoms with Gasteiger partial charge in [-0.2, -0.15) is 0 Å². The molecule has 4 atom stereocenters. The highest BCUT2D eigenvalue weighted by Crippen LogP contribution is 2.51. The lowest BCUT2D eigenvalue weighted by molar-refractivity contribution is -0.0883. The topological polar surface area (TPSA) is 9.23 Å². The molecule has 0 radical (unpaired) electrons. The molecule has 0 heterocycles. The Morgan fingerprint density at radius 3 is 2.20 bits per heavy atom. The van der Waals surface area contributed by atoms with Crippen LogP contribution in [0, 0.1) is 11.8 Å². The Morgan fingerprint density at radius 1 is 1.30 bits per heavy atom. The molecule has 2 unspecified atom stereocenters. The predicted octanol–water partition coefficient (Wildman–Crippen LogP) is 2.23. The SMILES string of the molecule is COC1[C@@H]2CCC[C@H]1C2I. The van der Waals surface area contributed by atoms with Crippen molar-refractivity contribution >= 4 is 22.6 Å². The van der Waals surface area contributed by atoms with Crippen LogP contribution in [-0.4, -0.2) is 17.1 Å². The summed E-state index contributed by atoms with van der Waals surface area (Å²) < 4.78 is 6.35. The maximum atomic E-state index is 5.42. The normalized spacial score (nSPS) is 52.2. The molecule has 0 saturated heterocycles. The van der Waals surface area contributed by atoms with Gasteiger partial charge in [-0.1, -0.05) is 29.0 Å². The lowest BCUT2D eigenvalue weighted by Crippen LogP contribution is -2.55. The van der Waals surface area contributed by atoms with Crippen molar-refractivity contribution in [1.82, 2.24) is 0 Å². The molecule has 3 rings (SSSR count). The Bertz CT molecular complexity index is 125. The van der Waals surface area contributed by atoms with E-state index in [2.05, 4.69) is 22.6 Å². The van der Waals surface area contributed by atoms with E-state index in [9.17, 15) is 0 Å². The minimum atomic E-state index is 0.621. The second-order valence-corrected chi connectivity index (χ2v) is 4.84. The van der Waals surface area contributed by atoms with Gasteiger partial charge in [0.05, 0.1) is 6.10 Å². The number of hydrogen-bond acceptors (Lipinski definition) is 1. The maximum Gasteiger partial charge on any atom is 0.0647 e. The van der Waals surface area contributed by atoms with Crippen LogP contribution in [0.1, 0.15) is 19.3 Å². The van der Waals surface area contributed by atoms with Gasteiger partial charge in [-0.3, -0.25) is 0 Å². The van der Waals surface area contributed by atoms with Crippen molar-refractivity contribution < 1.29 is 4.74 Å². The van der Waals surface area contributed by atoms with Gasteiger partial charge in [0.1, 0.15) is 0 Å². The van der Waals surface area contributed by atoms with E-state index in [1.54, 1.807) is 0 Å². The van der Waals surface area contributed by atoms with Gasteiger partial charge in [-0.15, -0.1) is 0 Å². The third-order valence-corrected chi connectivity index (χ3v) is 4.86. The third-order valence-electron chi connectivity index (χ3n) is 3.01. The highest BCUT2D eigenvalue weighted by Gasteiger charge is 2.51. The summed E-state index contributed by atoms with van der Waals surface area (Å²) in [5.41, 5.74) is 0. The van der Waals surface area contributed by atoms with Gasteiger partial charge in [0.15, 0.2) is 0 Å². The van der Waals surface area contributed by atoms with Crippen molar-refractivity contribution in [2.24, 2.45) is 11.8 Å². The number of ether oxygens (including phenoxy) is 1. The van der Waals surface area contributed by atoms with E-state index in [4.69, 9.17) is 4.74 Å². The van der Waals surface area contributed by atoms with Gasteiger partial charge in [0.25, 0.3) is 0 Å². The average Bonchev–Trinajstić information content (AvgIpc) is 2.02. The average molecular weight is 252 g/mol. The van der Waals surface area contributed by atoms with Gasteiger partial charge < -0.3 is 4.74 Å². The summed E-state index contributed by atoms with van der Waals surface area (Å²) in [4.78, 5) is 0. The highest BCUT2D eigenvalue weighted by atomic mass is 127. The smallest absolute Gasteiger partial charge is 0.0647 e. The van der Waals surface area contributed by atoms with Crippen molar-refractivity contribution in [3.63, 3.8) is 0 Å². The van der Waals surface area contributed by atoms with Crippen LogP contribution in [0.4, 0.5) is 0 Å². The summed E-state index contributed by atoms with van der Waals surface area (Å²) in [6.07, 6.45) is 4.87. The van der Waals surface area contributed by atoms with Crippen molar-refractivity contribution in [1.29, 1.82) is 0 Å². The molecule has 2 heteroatoms. The first-order valence-electron chi connectivity index (χ1n) is 4.01. The molecular weight excluding hydrogens is 239 g/mol. The fourth-order valence-corrected chi connectivity index (χ4v) is 3.98. The zero-order valence-corrected chi connectivity index (χ0v) is 8.37. The van der Waals surface area contributed by atoms with E-state index in [1.807, 2.05) is 7.11 Å². The van der Waals surface area contributed by atoms with Gasteiger partial charge in [0, 0.05) is 11.0 Å². The molecule has 2 bridgehead atoms. The number of fused-ring (bicyclic) bond motifs is 2. The summed E-state index contributed by atoms with van der Waals surface area (Å²) in [5.74, 6) is 1.79. The Balaban J connectivity index is 2.03. The van der Waals surface area contributed by atoms with Crippen LogP contribution in [0.15, 0.2) is 0 Å². The number of halogens is 1. The van der Waals surface area contributed by atoms with Gasteiger partial charge in [-0.25, -0.2) is 0 Å². The first-order chi connectivity index (χ1) is 4.84. The summed E-state index contributed by atoms with van der Waals surface area (Å²) in [6.45, 7) is 0. The van der Waals surface area contributed by atoms with Crippen LogP contribution in [0.3, 0.4) is 0 Å². The largest absolute Gasteiger partial charge is 0.381 e. The molecule has 3 aliphatic rings. The van der Waals surface area contributed by atoms with E-state index in [-0.39, 0.29) is 0 Å². The molecule has 0 aromatic carbocycles. The molecule has 10 heavy (non-hydrogen) atoms. The summed E-state index contributed by atoms with van der Waals surface area (Å²) in [5, 5.41) is 0. The second kappa shape index (κ2) is 2.63. The third kappa shape index (κ3) is 0.843. The molecule has 0 amide bonds. The minimum absolute atomic E-state index is 0.621. The Labute approximate surface area is 75.7 Å². The molecule has 3 fully saturated rings. The lowest BCUT2D eigenvalue weighted by Gasteiger charge is -2.52. The van der Waals surface area contributed by atoms with Crippen molar-refractivity contribution in [2.45, 2.75) is 29.3 Å². The number of alkyl halides is 1. The molecule has 0 aliphatic heterocycles. The zero-order valence-electron chi connectivity index (χ0n) is 6.22. The van der Waals surface area contributed by atoms with Crippen molar-refractivity contribution in [3.05, 3.63) is 0 Å². The monoisotopic (exact) mass is 252 g/mol. The van der Waals surface area contributed by atoms with Gasteiger partial charge in [0.2, 0.25) is 0 Å². The highest BCUT2D eigenvalue weighted by molar-refractivity contribution is 14.1. The molecule has 3 saturated carbocycles. The number of rotatable bonds is 1. The molecular formula is C8H13IO. The number of hydrogen-bond donors (Lipinski definition) is 0. The van der Waals surface area contributed by atoms with E-state index in [0.29, 0.717) is 6.10 Å². The zero-order chi connectivity index (χ0) is 7.14. The minimum Gasteiger partial charge on any atom is -0.381 e. The van der Waals surface area contributed by atoms with Crippen LogP contribution in [-0.2, 0) is 4.74 Å². The van der Waals surface area contributed by atoms with Gasteiger partial charge >= 0.3 is 0 Å². The van der Waals surface area contributed by atoms with Crippen LogP contribution in [0.5, 0.6) is 0 Å². The molecule has 58 valence electrons. The maximum absolute atomic E-state index is 5.42. The van der Waals surface area contributed by atoms with E-state index < -0.39 is 0 Å². The fourth-order valence-electron chi connectivity index (χ4n) is 2.44. The Kier molecular flexibility index (Phi) is 1.93. The lowest BCUT2D eigenvalue weighted by atomic mass is 9.63. The Morgan fingerprint density at radius 2 is 1.90 bits per heavy atom. The first kappa shape index (κ1) is 7.35. The van der Waals surface area contributed by atoms with Crippen molar-refractivity contribution in [2.75, 3.05) is 7.11 Å². The fraction of sp³-hybridized carbons (Fsp3) is 1.00. The summed E-state index contributed by atoms with van der Waals surface area (Å²) in [7, 11) is 1.86. The van der Waals surface area contributed by atoms with E-state index in [1.165, 1.54) is 19.3 Å². The molecule has 0 aromatic rings. The van der Waals surface area contributed by atoms with Crippen LogP contribution in [0.25, 0.3) is 0 Å². The summed E-state index contributed by atoms with van der Waals surface area (Å²) >= 11 is 2.59. The van der Waals surface area contributed by atoms with Gasteiger partial charge in [-0.05, 0) is 24.7 Å². The number of methoxy groups -OCH3 is 1.